The Morgan fingerprint density at radius 2 is 2.00 bits per heavy atom. The van der Waals surface area contributed by atoms with Crippen molar-refractivity contribution in [3.05, 3.63) is 40.7 Å². The average molecular weight is 246 g/mol. The van der Waals surface area contributed by atoms with Gasteiger partial charge in [-0.15, -0.1) is 0 Å². The number of hydrogen-bond acceptors (Lipinski definition) is 3. The van der Waals surface area contributed by atoms with E-state index in [9.17, 15) is 9.59 Å². The summed E-state index contributed by atoms with van der Waals surface area (Å²) in [5.74, 6) is -1.15. The number of hydrogen-bond donors (Lipinski definition) is 0. The third kappa shape index (κ3) is 3.46. The Hall–Kier alpha value is -1.19. The minimum Gasteiger partial charge on any atom is -0.422 e. The number of carbonyl (C=O) groups is 2. The van der Waals surface area contributed by atoms with Crippen LogP contribution in [0.15, 0.2) is 18.2 Å². The van der Waals surface area contributed by atoms with Crippen LogP contribution in [0.4, 0.5) is 0 Å². The van der Waals surface area contributed by atoms with Crippen LogP contribution in [0.2, 0.25) is 10.0 Å². The maximum atomic E-state index is 11.4. The average Bonchev–Trinajstić information content (AvgIpc) is 2.14. The lowest BCUT2D eigenvalue weighted by Gasteiger charge is -2.02. The van der Waals surface area contributed by atoms with Crippen LogP contribution in [0.5, 0.6) is 0 Å². The zero-order valence-corrected chi connectivity index (χ0v) is 9.14. The predicted octanol–water partition coefficient (Wildman–Crippen LogP) is 2.55. The molecule has 1 aromatic carbocycles. The van der Waals surface area contributed by atoms with Crippen molar-refractivity contribution < 1.29 is 14.3 Å². The number of ether oxygens (including phenoxy) is 1. The quantitative estimate of drug-likeness (QED) is 0.467. The van der Waals surface area contributed by atoms with Gasteiger partial charge in [-0.1, -0.05) is 23.2 Å². The Kier molecular flexibility index (Phi) is 4.00. The van der Waals surface area contributed by atoms with E-state index >= 15 is 0 Å². The van der Waals surface area contributed by atoms with Crippen LogP contribution in [0, 0.1) is 6.92 Å². The zero-order chi connectivity index (χ0) is 11.4. The van der Waals surface area contributed by atoms with E-state index in [2.05, 4.69) is 11.7 Å². The highest BCUT2D eigenvalue weighted by molar-refractivity contribution is 6.36. The summed E-state index contributed by atoms with van der Waals surface area (Å²) in [5.41, 5.74) is 0.266. The van der Waals surface area contributed by atoms with Gasteiger partial charge in [-0.25, -0.2) is 0 Å². The number of Topliss-reactive ketones (excluding diaryl/α,β-unsaturated/α-hetero) is 1. The molecule has 1 aromatic rings. The van der Waals surface area contributed by atoms with Crippen LogP contribution < -0.4 is 0 Å². The SMILES string of the molecule is [CH2+]C(=O)OCC(=O)c1ccc(Cl)cc1Cl. The molecule has 0 aliphatic rings. The molecule has 15 heavy (non-hydrogen) atoms. The molecule has 0 aromatic heterocycles. The number of ketones is 1. The molecule has 5 heteroatoms. The molecule has 0 radical (unpaired) electrons. The lowest BCUT2D eigenvalue weighted by molar-refractivity contribution is -0.137. The van der Waals surface area contributed by atoms with Gasteiger partial charge in [0.1, 0.15) is 0 Å². The molecule has 0 aliphatic carbocycles. The van der Waals surface area contributed by atoms with Crippen molar-refractivity contribution in [3.63, 3.8) is 0 Å². The molecular weight excluding hydrogens is 239 g/mol. The molecule has 3 nitrogen and oxygen atoms in total. The van der Waals surface area contributed by atoms with Gasteiger partial charge in [-0.05, 0) is 18.2 Å². The second-order valence-electron chi connectivity index (χ2n) is 2.71. The maximum Gasteiger partial charge on any atom is 0.493 e. The number of esters is 1. The number of rotatable bonds is 3. The predicted molar refractivity (Wildman–Crippen MR) is 57.1 cm³/mol. The van der Waals surface area contributed by atoms with E-state index in [-0.39, 0.29) is 17.2 Å². The molecule has 78 valence electrons. The number of carbonyl (C=O) groups excluding carboxylic acids is 2. The van der Waals surface area contributed by atoms with Gasteiger partial charge in [0.05, 0.1) is 5.02 Å². The zero-order valence-electron chi connectivity index (χ0n) is 7.63. The summed E-state index contributed by atoms with van der Waals surface area (Å²) in [7, 11) is 0. The van der Waals surface area contributed by atoms with Crippen molar-refractivity contribution in [2.24, 2.45) is 0 Å². The highest BCUT2D eigenvalue weighted by atomic mass is 35.5. The highest BCUT2D eigenvalue weighted by Crippen LogP contribution is 2.21. The van der Waals surface area contributed by atoms with Gasteiger partial charge in [0, 0.05) is 10.6 Å². The van der Waals surface area contributed by atoms with Gasteiger partial charge in [-0.3, -0.25) is 4.79 Å². The summed E-state index contributed by atoms with van der Waals surface area (Å²) in [6, 6.07) is 4.46. The molecule has 0 saturated heterocycles. The molecular formula is C10H7Cl2O3+. The van der Waals surface area contributed by atoms with Gasteiger partial charge in [0.15, 0.2) is 13.5 Å². The monoisotopic (exact) mass is 245 g/mol. The van der Waals surface area contributed by atoms with Crippen LogP contribution >= 0.6 is 23.2 Å². The standard InChI is InChI=1S/C10H7Cl2O3/c1-6(13)15-5-10(14)8-3-2-7(11)4-9(8)12/h2-4H,1,5H2/q+1. The van der Waals surface area contributed by atoms with E-state index in [1.54, 1.807) is 0 Å². The first-order chi connectivity index (χ1) is 7.00. The lowest BCUT2D eigenvalue weighted by Crippen LogP contribution is -2.12. The van der Waals surface area contributed by atoms with Crippen molar-refractivity contribution in [2.45, 2.75) is 0 Å². The molecule has 0 saturated carbocycles. The van der Waals surface area contributed by atoms with Crippen molar-refractivity contribution in [1.82, 2.24) is 0 Å². The molecule has 0 aliphatic heterocycles. The number of halogens is 2. The van der Waals surface area contributed by atoms with E-state index in [4.69, 9.17) is 23.2 Å². The van der Waals surface area contributed by atoms with Crippen LogP contribution in [0.1, 0.15) is 10.4 Å². The van der Waals surface area contributed by atoms with E-state index in [0.29, 0.717) is 5.02 Å². The molecule has 0 spiro atoms. The molecule has 0 amide bonds. The van der Waals surface area contributed by atoms with Gasteiger partial charge >= 0.3 is 5.97 Å². The van der Waals surface area contributed by atoms with E-state index in [0.717, 1.165) is 0 Å². The maximum absolute atomic E-state index is 11.4. The summed E-state index contributed by atoms with van der Waals surface area (Å²) >= 11 is 11.4. The van der Waals surface area contributed by atoms with Gasteiger partial charge in [0.2, 0.25) is 5.78 Å². The first-order valence-electron chi connectivity index (χ1n) is 3.97. The second-order valence-corrected chi connectivity index (χ2v) is 3.55. The van der Waals surface area contributed by atoms with Crippen molar-refractivity contribution in [1.29, 1.82) is 0 Å². The molecule has 0 heterocycles. The summed E-state index contributed by atoms with van der Waals surface area (Å²) < 4.78 is 4.45. The minimum absolute atomic E-state index is 0.229. The van der Waals surface area contributed by atoms with Crippen LogP contribution in [0.25, 0.3) is 0 Å². The lowest BCUT2D eigenvalue weighted by atomic mass is 10.1. The summed E-state index contributed by atoms with van der Waals surface area (Å²) in [4.78, 5) is 21.8. The van der Waals surface area contributed by atoms with Gasteiger partial charge in [-0.2, -0.15) is 4.79 Å². The Morgan fingerprint density at radius 3 is 2.53 bits per heavy atom. The van der Waals surface area contributed by atoms with Crippen LogP contribution in [-0.2, 0) is 9.53 Å². The van der Waals surface area contributed by atoms with Gasteiger partial charge in [0.25, 0.3) is 0 Å². The second kappa shape index (κ2) is 5.05. The Bertz CT molecular complexity index is 402. The van der Waals surface area contributed by atoms with Crippen LogP contribution in [-0.4, -0.2) is 18.4 Å². The summed E-state index contributed by atoms with van der Waals surface area (Å²) in [5, 5.41) is 0.665. The molecule has 0 atom stereocenters. The third-order valence-corrected chi connectivity index (χ3v) is 2.14. The van der Waals surface area contributed by atoms with Crippen LogP contribution in [0.3, 0.4) is 0 Å². The smallest absolute Gasteiger partial charge is 0.422 e. The molecule has 0 bridgehead atoms. The first-order valence-corrected chi connectivity index (χ1v) is 4.73. The molecule has 0 unspecified atom stereocenters. The fourth-order valence-electron chi connectivity index (χ4n) is 0.939. The topological polar surface area (TPSA) is 43.4 Å². The summed E-state index contributed by atoms with van der Waals surface area (Å²) in [6.07, 6.45) is 0. The van der Waals surface area contributed by atoms with Crippen molar-refractivity contribution in [2.75, 3.05) is 6.61 Å². The molecule has 0 fully saturated rings. The van der Waals surface area contributed by atoms with Gasteiger partial charge < -0.3 is 4.74 Å². The summed E-state index contributed by atoms with van der Waals surface area (Å²) in [6.45, 7) is 2.60. The normalized spacial score (nSPS) is 9.73. The molecule has 1 rings (SSSR count). The van der Waals surface area contributed by atoms with Crippen molar-refractivity contribution in [3.8, 4) is 0 Å². The molecule has 0 N–H and O–H groups in total. The minimum atomic E-state index is -0.756. The third-order valence-electron chi connectivity index (χ3n) is 1.60. The largest absolute Gasteiger partial charge is 0.493 e. The Morgan fingerprint density at radius 1 is 1.33 bits per heavy atom. The van der Waals surface area contributed by atoms with E-state index in [1.807, 2.05) is 0 Å². The highest BCUT2D eigenvalue weighted by Gasteiger charge is 2.13. The Labute approximate surface area is 96.9 Å². The van der Waals surface area contributed by atoms with Crippen molar-refractivity contribution >= 4 is 35.0 Å². The number of benzene rings is 1. The van der Waals surface area contributed by atoms with E-state index < -0.39 is 11.8 Å². The fourth-order valence-corrected chi connectivity index (χ4v) is 1.45. The fraction of sp³-hybridized carbons (Fsp3) is 0.100. The first kappa shape index (κ1) is 11.9. The van der Waals surface area contributed by atoms with E-state index in [1.165, 1.54) is 18.2 Å². The Balaban J connectivity index is 2.78.